The maximum absolute atomic E-state index is 5.78. The lowest BCUT2D eigenvalue weighted by Crippen LogP contribution is -2.15. The smallest absolute Gasteiger partial charge is 0.120 e. The zero-order valence-corrected chi connectivity index (χ0v) is 8.70. The second-order valence-electron chi connectivity index (χ2n) is 3.47. The lowest BCUT2D eigenvalue weighted by atomic mass is 10.1. The Hall–Kier alpha value is -0.950. The van der Waals surface area contributed by atoms with Crippen molar-refractivity contribution < 1.29 is 4.74 Å². The highest BCUT2D eigenvalue weighted by Crippen LogP contribution is 2.20. The molecule has 0 saturated carbocycles. The predicted octanol–water partition coefficient (Wildman–Crippen LogP) is 3.83. The van der Waals surface area contributed by atoms with E-state index in [0.29, 0.717) is 0 Å². The van der Waals surface area contributed by atoms with E-state index in [0.717, 1.165) is 17.2 Å². The minimum absolute atomic E-state index is 0.241. The molecule has 1 aliphatic carbocycles. The highest BCUT2D eigenvalue weighted by molar-refractivity contribution is 6.30. The lowest BCUT2D eigenvalue weighted by molar-refractivity contribution is 0.230. The van der Waals surface area contributed by atoms with Crippen LogP contribution in [0.4, 0.5) is 0 Å². The Morgan fingerprint density at radius 1 is 1.21 bits per heavy atom. The topological polar surface area (TPSA) is 9.23 Å². The summed E-state index contributed by atoms with van der Waals surface area (Å²) < 4.78 is 5.76. The Morgan fingerprint density at radius 2 is 2.00 bits per heavy atom. The number of hydrogen-bond acceptors (Lipinski definition) is 1. The van der Waals surface area contributed by atoms with E-state index in [1.165, 1.54) is 12.8 Å². The summed E-state index contributed by atoms with van der Waals surface area (Å²) in [6, 6.07) is 7.52. The van der Waals surface area contributed by atoms with Gasteiger partial charge in [-0.3, -0.25) is 0 Å². The third kappa shape index (κ3) is 2.52. The molecule has 2 rings (SSSR count). The molecule has 1 atom stereocenters. The Balaban J connectivity index is 1.99. The van der Waals surface area contributed by atoms with Gasteiger partial charge in [-0.1, -0.05) is 17.7 Å². The molecule has 0 N–H and O–H groups in total. The van der Waals surface area contributed by atoms with Crippen LogP contribution in [0, 0.1) is 0 Å². The summed E-state index contributed by atoms with van der Waals surface area (Å²) in [7, 11) is 0. The van der Waals surface area contributed by atoms with E-state index in [1.807, 2.05) is 24.3 Å². The van der Waals surface area contributed by atoms with E-state index in [2.05, 4.69) is 12.2 Å². The first kappa shape index (κ1) is 9.60. The van der Waals surface area contributed by atoms with Gasteiger partial charge in [0.05, 0.1) is 0 Å². The van der Waals surface area contributed by atoms with Crippen molar-refractivity contribution in [3.8, 4) is 5.75 Å². The molecular formula is C12H13ClO. The number of benzene rings is 1. The number of halogens is 1. The van der Waals surface area contributed by atoms with Gasteiger partial charge < -0.3 is 4.74 Å². The van der Waals surface area contributed by atoms with E-state index in [4.69, 9.17) is 16.3 Å². The second-order valence-corrected chi connectivity index (χ2v) is 3.91. The average molecular weight is 209 g/mol. The lowest BCUT2D eigenvalue weighted by Gasteiger charge is -2.18. The van der Waals surface area contributed by atoms with Crippen LogP contribution >= 0.6 is 11.6 Å². The van der Waals surface area contributed by atoms with Gasteiger partial charge >= 0.3 is 0 Å². The van der Waals surface area contributed by atoms with Crippen LogP contribution in [0.25, 0.3) is 0 Å². The molecule has 0 aliphatic heterocycles. The third-order valence-corrected chi connectivity index (χ3v) is 2.56. The summed E-state index contributed by atoms with van der Waals surface area (Å²) in [5.74, 6) is 0.894. The SMILES string of the molecule is Clc1ccc(OC2C=CCCC2)cc1. The summed E-state index contributed by atoms with van der Waals surface area (Å²) in [6.07, 6.45) is 8.07. The molecule has 0 heterocycles. The molecule has 0 fully saturated rings. The molecule has 1 unspecified atom stereocenters. The van der Waals surface area contributed by atoms with Gasteiger partial charge in [-0.15, -0.1) is 0 Å². The highest BCUT2D eigenvalue weighted by Gasteiger charge is 2.09. The molecule has 74 valence electrons. The van der Waals surface area contributed by atoms with E-state index in [-0.39, 0.29) is 6.10 Å². The number of ether oxygens (including phenoxy) is 1. The molecule has 0 radical (unpaired) electrons. The quantitative estimate of drug-likeness (QED) is 0.672. The monoisotopic (exact) mass is 208 g/mol. The standard InChI is InChI=1S/C12H13ClO/c13-10-6-8-12(9-7-10)14-11-4-2-1-3-5-11/h2,4,6-9,11H,1,3,5H2. The van der Waals surface area contributed by atoms with Crippen LogP contribution in [0.3, 0.4) is 0 Å². The molecule has 14 heavy (non-hydrogen) atoms. The fourth-order valence-electron chi connectivity index (χ4n) is 1.57. The summed E-state index contributed by atoms with van der Waals surface area (Å²) in [6.45, 7) is 0. The molecule has 0 aromatic heterocycles. The van der Waals surface area contributed by atoms with Crippen molar-refractivity contribution >= 4 is 11.6 Å². The van der Waals surface area contributed by atoms with Crippen LogP contribution in [0.15, 0.2) is 36.4 Å². The highest BCUT2D eigenvalue weighted by atomic mass is 35.5. The Morgan fingerprint density at radius 3 is 2.64 bits per heavy atom. The first-order valence-corrected chi connectivity index (χ1v) is 5.31. The zero-order valence-electron chi connectivity index (χ0n) is 7.95. The van der Waals surface area contributed by atoms with E-state index in [9.17, 15) is 0 Å². The first-order valence-electron chi connectivity index (χ1n) is 4.93. The summed E-state index contributed by atoms with van der Waals surface area (Å²) in [5.41, 5.74) is 0. The van der Waals surface area contributed by atoms with Gasteiger partial charge in [0.2, 0.25) is 0 Å². The van der Waals surface area contributed by atoms with Crippen molar-refractivity contribution in [3.05, 3.63) is 41.4 Å². The maximum Gasteiger partial charge on any atom is 0.120 e. The zero-order chi connectivity index (χ0) is 9.80. The van der Waals surface area contributed by atoms with Gasteiger partial charge in [-0.05, 0) is 49.6 Å². The molecule has 0 spiro atoms. The van der Waals surface area contributed by atoms with Crippen molar-refractivity contribution in [2.45, 2.75) is 25.4 Å². The van der Waals surface area contributed by atoms with Crippen molar-refractivity contribution in [3.63, 3.8) is 0 Å². The maximum atomic E-state index is 5.78. The largest absolute Gasteiger partial charge is 0.486 e. The van der Waals surface area contributed by atoms with Gasteiger partial charge in [-0.2, -0.15) is 0 Å². The van der Waals surface area contributed by atoms with E-state index >= 15 is 0 Å². The Bertz CT molecular complexity index is 316. The van der Waals surface area contributed by atoms with Crippen molar-refractivity contribution in [2.24, 2.45) is 0 Å². The van der Waals surface area contributed by atoms with Gasteiger partial charge in [0.15, 0.2) is 0 Å². The predicted molar refractivity (Wildman–Crippen MR) is 58.9 cm³/mol. The van der Waals surface area contributed by atoms with Crippen LogP contribution in [0.5, 0.6) is 5.75 Å². The summed E-state index contributed by atoms with van der Waals surface area (Å²) >= 11 is 5.78. The van der Waals surface area contributed by atoms with Gasteiger partial charge in [0.1, 0.15) is 11.9 Å². The van der Waals surface area contributed by atoms with Crippen LogP contribution < -0.4 is 4.74 Å². The van der Waals surface area contributed by atoms with Gasteiger partial charge in [0, 0.05) is 5.02 Å². The molecule has 0 amide bonds. The normalized spacial score (nSPS) is 20.8. The molecule has 2 heteroatoms. The first-order chi connectivity index (χ1) is 6.84. The second kappa shape index (κ2) is 4.52. The van der Waals surface area contributed by atoms with Crippen molar-refractivity contribution in [2.75, 3.05) is 0 Å². The fourth-order valence-corrected chi connectivity index (χ4v) is 1.69. The number of hydrogen-bond donors (Lipinski definition) is 0. The Labute approximate surface area is 89.3 Å². The van der Waals surface area contributed by atoms with Crippen LogP contribution in [-0.4, -0.2) is 6.10 Å². The molecule has 1 aliphatic rings. The molecule has 1 aromatic rings. The molecule has 1 aromatic carbocycles. The third-order valence-electron chi connectivity index (χ3n) is 2.31. The van der Waals surface area contributed by atoms with Gasteiger partial charge in [-0.25, -0.2) is 0 Å². The summed E-state index contributed by atoms with van der Waals surface area (Å²) in [4.78, 5) is 0. The number of rotatable bonds is 2. The van der Waals surface area contributed by atoms with Crippen LogP contribution in [0.2, 0.25) is 5.02 Å². The molecule has 0 saturated heterocycles. The van der Waals surface area contributed by atoms with E-state index < -0.39 is 0 Å². The number of allylic oxidation sites excluding steroid dienone is 1. The minimum atomic E-state index is 0.241. The molecule has 1 nitrogen and oxygen atoms in total. The molecule has 0 bridgehead atoms. The average Bonchev–Trinajstić information content (AvgIpc) is 2.23. The van der Waals surface area contributed by atoms with Crippen LogP contribution in [0.1, 0.15) is 19.3 Å². The molecular weight excluding hydrogens is 196 g/mol. The van der Waals surface area contributed by atoms with E-state index in [1.54, 1.807) is 0 Å². The van der Waals surface area contributed by atoms with Gasteiger partial charge in [0.25, 0.3) is 0 Å². The summed E-state index contributed by atoms with van der Waals surface area (Å²) in [5, 5.41) is 0.747. The fraction of sp³-hybridized carbons (Fsp3) is 0.333. The van der Waals surface area contributed by atoms with Crippen LogP contribution in [-0.2, 0) is 0 Å². The Kier molecular flexibility index (Phi) is 3.10. The minimum Gasteiger partial charge on any atom is -0.486 e. The van der Waals surface area contributed by atoms with Crippen molar-refractivity contribution in [1.82, 2.24) is 0 Å². The van der Waals surface area contributed by atoms with Crippen molar-refractivity contribution in [1.29, 1.82) is 0 Å².